The standard InChI is InChI=1S/C16H22BrNO/c1-2-19-15-10-14(16(15)8-3-9-16)18-11-12-4-6-13(17)7-5-12/h4-7,14-15,18H,2-3,8-11H2,1H3. The molecule has 104 valence electrons. The molecule has 2 aliphatic carbocycles. The second-order valence-electron chi connectivity index (χ2n) is 5.83. The van der Waals surface area contributed by atoms with Crippen LogP contribution < -0.4 is 5.32 Å². The highest BCUT2D eigenvalue weighted by Gasteiger charge is 2.58. The quantitative estimate of drug-likeness (QED) is 0.887. The Kier molecular flexibility index (Phi) is 3.97. The molecule has 3 heteroatoms. The summed E-state index contributed by atoms with van der Waals surface area (Å²) in [5, 5.41) is 3.74. The second-order valence-corrected chi connectivity index (χ2v) is 6.74. The lowest BCUT2D eigenvalue weighted by atomic mass is 9.51. The van der Waals surface area contributed by atoms with Crippen LogP contribution >= 0.6 is 15.9 Å². The molecule has 2 aliphatic rings. The van der Waals surface area contributed by atoms with Gasteiger partial charge in [0.2, 0.25) is 0 Å². The van der Waals surface area contributed by atoms with Gasteiger partial charge in [-0.3, -0.25) is 0 Å². The van der Waals surface area contributed by atoms with E-state index >= 15 is 0 Å². The molecule has 0 bridgehead atoms. The number of rotatable bonds is 5. The molecule has 1 N–H and O–H groups in total. The van der Waals surface area contributed by atoms with E-state index in [1.54, 1.807) is 0 Å². The van der Waals surface area contributed by atoms with Crippen LogP contribution in [0.3, 0.4) is 0 Å². The van der Waals surface area contributed by atoms with E-state index in [1.807, 2.05) is 0 Å². The Morgan fingerprint density at radius 1 is 1.32 bits per heavy atom. The van der Waals surface area contributed by atoms with Crippen LogP contribution in [0.25, 0.3) is 0 Å². The smallest absolute Gasteiger partial charge is 0.0661 e. The van der Waals surface area contributed by atoms with Gasteiger partial charge in [0.25, 0.3) is 0 Å². The maximum Gasteiger partial charge on any atom is 0.0661 e. The van der Waals surface area contributed by atoms with Crippen LogP contribution in [0.5, 0.6) is 0 Å². The fourth-order valence-corrected chi connectivity index (χ4v) is 3.83. The first-order chi connectivity index (χ1) is 9.24. The van der Waals surface area contributed by atoms with Crippen molar-refractivity contribution < 1.29 is 4.74 Å². The van der Waals surface area contributed by atoms with E-state index in [0.717, 1.165) is 17.6 Å². The number of hydrogen-bond donors (Lipinski definition) is 1. The lowest BCUT2D eigenvalue weighted by molar-refractivity contribution is -0.173. The molecule has 3 rings (SSSR count). The minimum absolute atomic E-state index is 0.464. The molecule has 0 saturated heterocycles. The van der Waals surface area contributed by atoms with Gasteiger partial charge in [0, 0.05) is 29.1 Å². The van der Waals surface area contributed by atoms with Gasteiger partial charge < -0.3 is 10.1 Å². The average Bonchev–Trinajstić information content (AvgIpc) is 2.33. The third-order valence-electron chi connectivity index (χ3n) is 4.90. The first kappa shape index (κ1) is 13.6. The van der Waals surface area contributed by atoms with Crippen LogP contribution in [0.2, 0.25) is 0 Å². The van der Waals surface area contributed by atoms with Crippen LogP contribution in [-0.2, 0) is 11.3 Å². The van der Waals surface area contributed by atoms with Gasteiger partial charge in [0.1, 0.15) is 0 Å². The van der Waals surface area contributed by atoms with Crippen LogP contribution in [-0.4, -0.2) is 18.8 Å². The van der Waals surface area contributed by atoms with Crippen LogP contribution in [0.1, 0.15) is 38.2 Å². The summed E-state index contributed by atoms with van der Waals surface area (Å²) in [6.07, 6.45) is 5.75. The zero-order chi connectivity index (χ0) is 13.3. The maximum atomic E-state index is 5.89. The zero-order valence-corrected chi connectivity index (χ0v) is 13.1. The summed E-state index contributed by atoms with van der Waals surface area (Å²) >= 11 is 3.48. The van der Waals surface area contributed by atoms with Crippen molar-refractivity contribution in [2.24, 2.45) is 5.41 Å². The van der Waals surface area contributed by atoms with Crippen molar-refractivity contribution in [3.8, 4) is 0 Å². The van der Waals surface area contributed by atoms with E-state index in [2.05, 4.69) is 52.4 Å². The van der Waals surface area contributed by atoms with Crippen LogP contribution in [0.4, 0.5) is 0 Å². The van der Waals surface area contributed by atoms with E-state index in [-0.39, 0.29) is 0 Å². The molecule has 1 spiro atoms. The normalized spacial score (nSPS) is 27.9. The largest absolute Gasteiger partial charge is 0.378 e. The number of ether oxygens (including phenoxy) is 1. The summed E-state index contributed by atoms with van der Waals surface area (Å²) in [6, 6.07) is 9.24. The zero-order valence-electron chi connectivity index (χ0n) is 11.5. The van der Waals surface area contributed by atoms with Crippen molar-refractivity contribution in [2.75, 3.05) is 6.61 Å². The van der Waals surface area contributed by atoms with Crippen molar-refractivity contribution in [3.63, 3.8) is 0 Å². The first-order valence-corrected chi connectivity index (χ1v) is 8.13. The van der Waals surface area contributed by atoms with Crippen molar-refractivity contribution in [1.29, 1.82) is 0 Å². The Bertz CT molecular complexity index is 427. The molecular weight excluding hydrogens is 302 g/mol. The highest BCUT2D eigenvalue weighted by molar-refractivity contribution is 9.10. The lowest BCUT2D eigenvalue weighted by Gasteiger charge is -2.61. The van der Waals surface area contributed by atoms with Gasteiger partial charge in [-0.25, -0.2) is 0 Å². The van der Waals surface area contributed by atoms with Gasteiger partial charge in [-0.05, 0) is 43.9 Å². The number of benzene rings is 1. The molecule has 0 aromatic heterocycles. The second kappa shape index (κ2) is 5.55. The first-order valence-electron chi connectivity index (χ1n) is 7.34. The molecule has 0 radical (unpaired) electrons. The fraction of sp³-hybridized carbons (Fsp3) is 0.625. The SMILES string of the molecule is CCOC1CC(NCc2ccc(Br)cc2)C12CCC2. The van der Waals surface area contributed by atoms with Gasteiger partial charge in [-0.2, -0.15) is 0 Å². The molecule has 0 heterocycles. The van der Waals surface area contributed by atoms with E-state index in [9.17, 15) is 0 Å². The minimum atomic E-state index is 0.464. The monoisotopic (exact) mass is 323 g/mol. The maximum absolute atomic E-state index is 5.89. The van der Waals surface area contributed by atoms with E-state index in [1.165, 1.54) is 31.2 Å². The molecule has 2 unspecified atom stereocenters. The van der Waals surface area contributed by atoms with E-state index in [0.29, 0.717) is 17.6 Å². The number of halogens is 1. The van der Waals surface area contributed by atoms with Gasteiger partial charge in [0.15, 0.2) is 0 Å². The molecule has 1 aromatic carbocycles. The summed E-state index contributed by atoms with van der Waals surface area (Å²) in [6.45, 7) is 3.93. The predicted molar refractivity (Wildman–Crippen MR) is 81.1 cm³/mol. The van der Waals surface area contributed by atoms with Gasteiger partial charge in [0.05, 0.1) is 6.10 Å². The lowest BCUT2D eigenvalue weighted by Crippen LogP contribution is -2.66. The highest BCUT2D eigenvalue weighted by atomic mass is 79.9. The van der Waals surface area contributed by atoms with Crippen molar-refractivity contribution in [2.45, 2.75) is 51.3 Å². The Morgan fingerprint density at radius 2 is 2.05 bits per heavy atom. The van der Waals surface area contributed by atoms with E-state index < -0.39 is 0 Å². The molecule has 19 heavy (non-hydrogen) atoms. The Labute approximate surface area is 124 Å². The Balaban J connectivity index is 1.55. The number of nitrogens with one attached hydrogen (secondary N) is 1. The van der Waals surface area contributed by atoms with E-state index in [4.69, 9.17) is 4.74 Å². The third-order valence-corrected chi connectivity index (χ3v) is 5.43. The summed E-state index contributed by atoms with van der Waals surface area (Å²) in [4.78, 5) is 0. The van der Waals surface area contributed by atoms with Crippen molar-refractivity contribution >= 4 is 15.9 Å². The topological polar surface area (TPSA) is 21.3 Å². The average molecular weight is 324 g/mol. The van der Waals surface area contributed by atoms with Crippen molar-refractivity contribution in [3.05, 3.63) is 34.3 Å². The summed E-state index contributed by atoms with van der Waals surface area (Å²) in [5.41, 5.74) is 1.82. The third kappa shape index (κ3) is 2.48. The molecule has 2 nitrogen and oxygen atoms in total. The molecule has 1 aromatic rings. The van der Waals surface area contributed by atoms with Gasteiger partial charge in [-0.1, -0.05) is 34.5 Å². The molecule has 2 fully saturated rings. The minimum Gasteiger partial charge on any atom is -0.378 e. The molecule has 0 amide bonds. The summed E-state index contributed by atoms with van der Waals surface area (Å²) < 4.78 is 7.03. The van der Waals surface area contributed by atoms with Crippen LogP contribution in [0.15, 0.2) is 28.7 Å². The molecular formula is C16H22BrNO. The summed E-state index contributed by atoms with van der Waals surface area (Å²) in [7, 11) is 0. The van der Waals surface area contributed by atoms with Crippen molar-refractivity contribution in [1.82, 2.24) is 5.32 Å². The van der Waals surface area contributed by atoms with Crippen LogP contribution in [0, 0.1) is 5.41 Å². The fourth-order valence-electron chi connectivity index (χ4n) is 3.57. The predicted octanol–water partition coefficient (Wildman–Crippen LogP) is 3.89. The molecule has 0 aliphatic heterocycles. The molecule has 2 saturated carbocycles. The molecule has 2 atom stereocenters. The highest BCUT2D eigenvalue weighted by Crippen LogP contribution is 2.57. The summed E-state index contributed by atoms with van der Waals surface area (Å²) in [5.74, 6) is 0. The number of hydrogen-bond acceptors (Lipinski definition) is 2. The van der Waals surface area contributed by atoms with Gasteiger partial charge in [-0.15, -0.1) is 0 Å². The Hall–Kier alpha value is -0.380. The van der Waals surface area contributed by atoms with Gasteiger partial charge >= 0.3 is 0 Å². The Morgan fingerprint density at radius 3 is 2.63 bits per heavy atom.